The van der Waals surface area contributed by atoms with Crippen LogP contribution in [0.4, 0.5) is 0 Å². The summed E-state index contributed by atoms with van der Waals surface area (Å²) in [5.41, 5.74) is 0.195. The minimum Gasteiger partial charge on any atom is -0.462 e. The topological polar surface area (TPSA) is 69.9 Å². The first-order chi connectivity index (χ1) is 8.24. The number of halogens is 1. The maximum atomic E-state index is 11.5. The van der Waals surface area contributed by atoms with Gasteiger partial charge in [-0.05, 0) is 13.0 Å². The van der Waals surface area contributed by atoms with Crippen LogP contribution in [0.1, 0.15) is 17.3 Å². The first kappa shape index (κ1) is 11.5. The van der Waals surface area contributed by atoms with Crippen LogP contribution in [-0.4, -0.2) is 32.3 Å². The summed E-state index contributed by atoms with van der Waals surface area (Å²) in [6.07, 6.45) is 4.45. The SMILES string of the molecule is CCOC(=O)c1cnn(-c2ncccn2)c1Cl. The second-order valence-electron chi connectivity index (χ2n) is 3.03. The summed E-state index contributed by atoms with van der Waals surface area (Å²) in [4.78, 5) is 19.5. The molecule has 2 heterocycles. The predicted octanol–water partition coefficient (Wildman–Crippen LogP) is 1.49. The number of ether oxygens (including phenoxy) is 1. The molecular weight excluding hydrogens is 244 g/mol. The van der Waals surface area contributed by atoms with Gasteiger partial charge in [0.25, 0.3) is 5.95 Å². The van der Waals surface area contributed by atoms with Crippen LogP contribution >= 0.6 is 11.6 Å². The number of hydrogen-bond donors (Lipinski definition) is 0. The smallest absolute Gasteiger partial charge is 0.342 e. The summed E-state index contributed by atoms with van der Waals surface area (Å²) in [5, 5.41) is 4.08. The molecule has 7 heteroatoms. The maximum Gasteiger partial charge on any atom is 0.342 e. The van der Waals surface area contributed by atoms with Gasteiger partial charge in [0, 0.05) is 12.4 Å². The zero-order valence-electron chi connectivity index (χ0n) is 9.00. The van der Waals surface area contributed by atoms with Crippen molar-refractivity contribution in [2.45, 2.75) is 6.92 Å². The molecule has 0 aliphatic rings. The molecule has 0 bridgehead atoms. The van der Waals surface area contributed by atoms with E-state index < -0.39 is 5.97 Å². The molecule has 0 saturated heterocycles. The van der Waals surface area contributed by atoms with E-state index in [1.54, 1.807) is 25.4 Å². The summed E-state index contributed by atoms with van der Waals surface area (Å²) < 4.78 is 6.11. The standard InChI is InChI=1S/C10H9ClN4O2/c1-2-17-9(16)7-6-14-15(8(7)11)10-12-4-3-5-13-10/h3-6H,2H2,1H3. The molecule has 0 atom stereocenters. The van der Waals surface area contributed by atoms with Gasteiger partial charge in [-0.25, -0.2) is 14.8 Å². The molecule has 0 N–H and O–H groups in total. The van der Waals surface area contributed by atoms with Crippen LogP contribution in [0, 0.1) is 0 Å². The fourth-order valence-corrected chi connectivity index (χ4v) is 1.46. The Morgan fingerprint density at radius 3 is 2.82 bits per heavy atom. The summed E-state index contributed by atoms with van der Waals surface area (Å²) in [5.74, 6) is -0.215. The summed E-state index contributed by atoms with van der Waals surface area (Å²) in [6, 6.07) is 1.67. The Balaban J connectivity index is 2.37. The lowest BCUT2D eigenvalue weighted by Crippen LogP contribution is -2.06. The molecule has 88 valence electrons. The zero-order valence-corrected chi connectivity index (χ0v) is 9.76. The molecule has 0 fully saturated rings. The Morgan fingerprint density at radius 2 is 2.18 bits per heavy atom. The van der Waals surface area contributed by atoms with Gasteiger partial charge < -0.3 is 4.74 Å². The van der Waals surface area contributed by atoms with Crippen LogP contribution in [0.2, 0.25) is 5.15 Å². The molecule has 17 heavy (non-hydrogen) atoms. The van der Waals surface area contributed by atoms with E-state index in [1.165, 1.54) is 10.9 Å². The van der Waals surface area contributed by atoms with Gasteiger partial charge in [-0.2, -0.15) is 9.78 Å². The first-order valence-corrected chi connectivity index (χ1v) is 5.30. The molecule has 0 spiro atoms. The van der Waals surface area contributed by atoms with Crippen molar-refractivity contribution in [2.75, 3.05) is 6.61 Å². The van der Waals surface area contributed by atoms with Crippen molar-refractivity contribution in [3.63, 3.8) is 0 Å². The molecular formula is C10H9ClN4O2. The third-order valence-corrected chi connectivity index (χ3v) is 2.31. The number of aromatic nitrogens is 4. The molecule has 0 aliphatic heterocycles. The van der Waals surface area contributed by atoms with E-state index in [2.05, 4.69) is 15.1 Å². The fourth-order valence-electron chi connectivity index (χ4n) is 1.22. The Bertz CT molecular complexity index is 526. The number of rotatable bonds is 3. The van der Waals surface area contributed by atoms with Gasteiger partial charge in [0.2, 0.25) is 0 Å². The second-order valence-corrected chi connectivity index (χ2v) is 3.39. The van der Waals surface area contributed by atoms with Crippen molar-refractivity contribution in [3.8, 4) is 5.95 Å². The molecule has 0 unspecified atom stereocenters. The van der Waals surface area contributed by atoms with E-state index in [4.69, 9.17) is 16.3 Å². The molecule has 2 aromatic rings. The normalized spacial score (nSPS) is 10.2. The maximum absolute atomic E-state index is 11.5. The van der Waals surface area contributed by atoms with Gasteiger partial charge in [-0.15, -0.1) is 0 Å². The van der Waals surface area contributed by atoms with Gasteiger partial charge in [0.05, 0.1) is 12.8 Å². The van der Waals surface area contributed by atoms with Crippen LogP contribution in [0.15, 0.2) is 24.7 Å². The van der Waals surface area contributed by atoms with Crippen LogP contribution in [0.5, 0.6) is 0 Å². The van der Waals surface area contributed by atoms with Gasteiger partial charge in [0.1, 0.15) is 5.56 Å². The second kappa shape index (κ2) is 4.92. The van der Waals surface area contributed by atoms with Crippen LogP contribution < -0.4 is 0 Å². The number of carbonyl (C=O) groups excluding carboxylic acids is 1. The van der Waals surface area contributed by atoms with E-state index in [1.807, 2.05) is 0 Å². The van der Waals surface area contributed by atoms with E-state index in [-0.39, 0.29) is 17.3 Å². The molecule has 2 aromatic heterocycles. The Kier molecular flexibility index (Phi) is 3.34. The van der Waals surface area contributed by atoms with Crippen LogP contribution in [0.25, 0.3) is 5.95 Å². The lowest BCUT2D eigenvalue weighted by atomic mass is 10.4. The Hall–Kier alpha value is -1.95. The number of nitrogens with zero attached hydrogens (tertiary/aromatic N) is 4. The lowest BCUT2D eigenvalue weighted by molar-refractivity contribution is 0.0526. The van der Waals surface area contributed by atoms with Crippen molar-refractivity contribution in [1.82, 2.24) is 19.7 Å². The van der Waals surface area contributed by atoms with Crippen LogP contribution in [0.3, 0.4) is 0 Å². The van der Waals surface area contributed by atoms with E-state index in [0.717, 1.165) is 0 Å². The highest BCUT2D eigenvalue weighted by atomic mass is 35.5. The predicted molar refractivity (Wildman–Crippen MR) is 60.1 cm³/mol. The molecule has 0 amide bonds. The van der Waals surface area contributed by atoms with Crippen molar-refractivity contribution in [2.24, 2.45) is 0 Å². The van der Waals surface area contributed by atoms with Gasteiger partial charge in [-0.1, -0.05) is 11.6 Å². The quantitative estimate of drug-likeness (QED) is 0.774. The summed E-state index contributed by atoms with van der Waals surface area (Å²) in [6.45, 7) is 2.00. The monoisotopic (exact) mass is 252 g/mol. The Labute approximate surface area is 102 Å². The van der Waals surface area contributed by atoms with E-state index in [0.29, 0.717) is 5.95 Å². The van der Waals surface area contributed by atoms with Crippen LogP contribution in [-0.2, 0) is 4.74 Å². The number of carbonyl (C=O) groups is 1. The highest BCUT2D eigenvalue weighted by molar-refractivity contribution is 6.32. The highest BCUT2D eigenvalue weighted by Gasteiger charge is 2.18. The number of hydrogen-bond acceptors (Lipinski definition) is 5. The van der Waals surface area contributed by atoms with Crippen molar-refractivity contribution in [3.05, 3.63) is 35.4 Å². The summed E-state index contributed by atoms with van der Waals surface area (Å²) in [7, 11) is 0. The summed E-state index contributed by atoms with van der Waals surface area (Å²) >= 11 is 6.01. The average Bonchev–Trinajstić information content (AvgIpc) is 2.72. The minimum absolute atomic E-state index is 0.134. The average molecular weight is 253 g/mol. The fraction of sp³-hybridized carbons (Fsp3) is 0.200. The molecule has 0 radical (unpaired) electrons. The van der Waals surface area contributed by atoms with Crippen molar-refractivity contribution >= 4 is 17.6 Å². The van der Waals surface area contributed by atoms with E-state index >= 15 is 0 Å². The molecule has 0 aromatic carbocycles. The highest BCUT2D eigenvalue weighted by Crippen LogP contribution is 2.18. The van der Waals surface area contributed by atoms with Gasteiger partial charge in [-0.3, -0.25) is 0 Å². The largest absolute Gasteiger partial charge is 0.462 e. The van der Waals surface area contributed by atoms with Gasteiger partial charge in [0.15, 0.2) is 5.15 Å². The number of esters is 1. The van der Waals surface area contributed by atoms with Gasteiger partial charge >= 0.3 is 5.97 Å². The lowest BCUT2D eigenvalue weighted by Gasteiger charge is -2.01. The van der Waals surface area contributed by atoms with E-state index in [9.17, 15) is 4.79 Å². The third kappa shape index (κ3) is 2.26. The van der Waals surface area contributed by atoms with Crippen molar-refractivity contribution in [1.29, 1.82) is 0 Å². The molecule has 6 nitrogen and oxygen atoms in total. The van der Waals surface area contributed by atoms with Crippen molar-refractivity contribution < 1.29 is 9.53 Å². The molecule has 0 saturated carbocycles. The minimum atomic E-state index is -0.514. The molecule has 2 rings (SSSR count). The first-order valence-electron chi connectivity index (χ1n) is 4.92. The zero-order chi connectivity index (χ0) is 12.3. The third-order valence-electron chi connectivity index (χ3n) is 1.95. The Morgan fingerprint density at radius 1 is 1.47 bits per heavy atom. The molecule has 0 aliphatic carbocycles.